The Morgan fingerprint density at radius 1 is 1.24 bits per heavy atom. The summed E-state index contributed by atoms with van der Waals surface area (Å²) in [6.45, 7) is 0.727. The van der Waals surface area contributed by atoms with Crippen molar-refractivity contribution in [3.05, 3.63) is 65.2 Å². The van der Waals surface area contributed by atoms with E-state index >= 15 is 0 Å². The van der Waals surface area contributed by atoms with E-state index in [0.717, 1.165) is 31.6 Å². The van der Waals surface area contributed by atoms with Crippen molar-refractivity contribution < 1.29 is 9.53 Å². The molecule has 0 radical (unpaired) electrons. The molecule has 0 spiro atoms. The number of hydrogen-bond acceptors (Lipinski definition) is 2. The molecular weight excluding hydrogens is 425 g/mol. The lowest BCUT2D eigenvalue weighted by Crippen LogP contribution is -2.27. The first kappa shape index (κ1) is 18.2. The maximum Gasteiger partial charge on any atom is 0.229 e. The normalized spacial score (nSPS) is 19.1. The van der Waals surface area contributed by atoms with Gasteiger partial charge >= 0.3 is 0 Å². The number of benzene rings is 2. The van der Waals surface area contributed by atoms with Crippen LogP contribution in [0.25, 0.3) is 0 Å². The molecule has 0 aliphatic heterocycles. The number of hydrogen-bond donors (Lipinski definition) is 1. The summed E-state index contributed by atoms with van der Waals surface area (Å²) in [4.78, 5) is 11.5. The highest BCUT2D eigenvalue weighted by Crippen LogP contribution is 2.42. The number of ether oxygens (including phenoxy) is 1. The van der Waals surface area contributed by atoms with E-state index in [-0.39, 0.29) is 5.91 Å². The van der Waals surface area contributed by atoms with Gasteiger partial charge in [-0.3, -0.25) is 4.79 Å². The summed E-state index contributed by atoms with van der Waals surface area (Å²) in [7, 11) is 1.72. The second kappa shape index (κ2) is 8.70. The Balaban J connectivity index is 1.82. The van der Waals surface area contributed by atoms with Crippen LogP contribution in [0, 0.1) is 0 Å². The van der Waals surface area contributed by atoms with Gasteiger partial charge in [-0.15, -0.1) is 0 Å². The molecule has 0 heterocycles. The molecule has 1 aliphatic rings. The van der Waals surface area contributed by atoms with Gasteiger partial charge in [-0.2, -0.15) is 0 Å². The monoisotopic (exact) mass is 449 g/mol. The van der Waals surface area contributed by atoms with Gasteiger partial charge in [0.05, 0.1) is 11.5 Å². The summed E-state index contributed by atoms with van der Waals surface area (Å²) in [6, 6.07) is 17.2. The molecule has 1 N–H and O–H groups in total. The fourth-order valence-electron chi connectivity index (χ4n) is 3.77. The number of nitrogens with one attached hydrogen (secondary N) is 1. The van der Waals surface area contributed by atoms with Crippen molar-refractivity contribution in [1.82, 2.24) is 5.32 Å². The quantitative estimate of drug-likeness (QED) is 0.523. The minimum Gasteiger partial charge on any atom is -0.497 e. The van der Waals surface area contributed by atoms with Crippen LogP contribution >= 0.6 is 22.6 Å². The molecule has 132 valence electrons. The Kier molecular flexibility index (Phi) is 6.34. The molecule has 0 bridgehead atoms. The first-order chi connectivity index (χ1) is 12.2. The standard InChI is InChI=1S/C21H24INO2/c1-25-19-8-7-16-11-18(15-5-3-2-4-6-15)12-17(20(16)13-19)9-10-23-21(24)14-22/h2-8,13,17-18H,9-12,14H2,1H3,(H,23,24). The highest BCUT2D eigenvalue weighted by Gasteiger charge is 2.28. The first-order valence-electron chi connectivity index (χ1n) is 8.75. The van der Waals surface area contributed by atoms with E-state index in [2.05, 4.69) is 76.4 Å². The molecule has 2 atom stereocenters. The average Bonchev–Trinajstić information content (AvgIpc) is 2.67. The molecule has 0 aromatic heterocycles. The zero-order valence-corrected chi connectivity index (χ0v) is 16.7. The fraction of sp³-hybridized carbons (Fsp3) is 0.381. The molecule has 0 fully saturated rings. The molecule has 1 aliphatic carbocycles. The van der Waals surface area contributed by atoms with Crippen molar-refractivity contribution in [3.63, 3.8) is 0 Å². The van der Waals surface area contributed by atoms with E-state index in [9.17, 15) is 4.79 Å². The number of carbonyl (C=O) groups is 1. The molecule has 2 aromatic rings. The number of amides is 1. The van der Waals surface area contributed by atoms with Crippen molar-refractivity contribution in [2.45, 2.75) is 31.1 Å². The Bertz CT molecular complexity index is 717. The van der Waals surface area contributed by atoms with Gasteiger partial charge in [-0.1, -0.05) is 59.0 Å². The zero-order chi connectivity index (χ0) is 17.6. The van der Waals surface area contributed by atoms with E-state index in [1.165, 1.54) is 16.7 Å². The molecular formula is C21H24INO2. The third-order valence-electron chi connectivity index (χ3n) is 5.04. The van der Waals surface area contributed by atoms with Gasteiger partial charge in [0.1, 0.15) is 5.75 Å². The number of carbonyl (C=O) groups excluding carboxylic acids is 1. The molecule has 3 nitrogen and oxygen atoms in total. The number of halogens is 1. The van der Waals surface area contributed by atoms with Crippen LogP contribution in [0.5, 0.6) is 5.75 Å². The van der Waals surface area contributed by atoms with Gasteiger partial charge in [0.25, 0.3) is 0 Å². The van der Waals surface area contributed by atoms with E-state index < -0.39 is 0 Å². The molecule has 1 amide bonds. The van der Waals surface area contributed by atoms with Crippen LogP contribution in [0.4, 0.5) is 0 Å². The third-order valence-corrected chi connectivity index (χ3v) is 5.73. The van der Waals surface area contributed by atoms with E-state index in [1.807, 2.05) is 0 Å². The summed E-state index contributed by atoms with van der Waals surface area (Å²) in [5.41, 5.74) is 4.20. The van der Waals surface area contributed by atoms with Crippen molar-refractivity contribution in [3.8, 4) is 5.75 Å². The lowest BCUT2D eigenvalue weighted by atomic mass is 9.73. The Hall–Kier alpha value is -1.56. The topological polar surface area (TPSA) is 38.3 Å². The number of fused-ring (bicyclic) bond motifs is 1. The number of methoxy groups -OCH3 is 1. The van der Waals surface area contributed by atoms with Gasteiger partial charge < -0.3 is 10.1 Å². The molecule has 3 rings (SSSR count). The lowest BCUT2D eigenvalue weighted by molar-refractivity contribution is -0.118. The summed E-state index contributed by atoms with van der Waals surface area (Å²) in [6.07, 6.45) is 3.15. The molecule has 25 heavy (non-hydrogen) atoms. The van der Waals surface area contributed by atoms with Gasteiger partial charge in [0, 0.05) is 6.54 Å². The molecule has 4 heteroatoms. The Labute approximate surface area is 163 Å². The van der Waals surface area contributed by atoms with Gasteiger partial charge in [-0.05, 0) is 59.9 Å². The highest BCUT2D eigenvalue weighted by molar-refractivity contribution is 14.1. The van der Waals surface area contributed by atoms with Crippen LogP contribution in [0.15, 0.2) is 48.5 Å². The van der Waals surface area contributed by atoms with E-state index in [0.29, 0.717) is 16.3 Å². The Morgan fingerprint density at radius 2 is 2.04 bits per heavy atom. The highest BCUT2D eigenvalue weighted by atomic mass is 127. The fourth-order valence-corrected chi connectivity index (χ4v) is 4.04. The molecule has 0 saturated carbocycles. The van der Waals surface area contributed by atoms with Crippen molar-refractivity contribution in [2.75, 3.05) is 18.1 Å². The second-order valence-electron chi connectivity index (χ2n) is 6.58. The SMILES string of the molecule is COc1ccc2c(c1)C(CCNC(=O)CI)CC(c1ccccc1)C2. The van der Waals surface area contributed by atoms with Crippen LogP contribution in [-0.2, 0) is 11.2 Å². The lowest BCUT2D eigenvalue weighted by Gasteiger charge is -2.32. The summed E-state index contributed by atoms with van der Waals surface area (Å²) >= 11 is 2.10. The van der Waals surface area contributed by atoms with Gasteiger partial charge in [0.2, 0.25) is 5.91 Å². The predicted octanol–water partition coefficient (Wildman–Crippen LogP) is 4.45. The van der Waals surface area contributed by atoms with Crippen LogP contribution in [0.2, 0.25) is 0 Å². The predicted molar refractivity (Wildman–Crippen MR) is 110 cm³/mol. The van der Waals surface area contributed by atoms with Crippen LogP contribution in [0.1, 0.15) is 41.4 Å². The van der Waals surface area contributed by atoms with Gasteiger partial charge in [0.15, 0.2) is 0 Å². The van der Waals surface area contributed by atoms with Crippen molar-refractivity contribution in [1.29, 1.82) is 0 Å². The smallest absolute Gasteiger partial charge is 0.229 e. The van der Waals surface area contributed by atoms with Crippen LogP contribution in [-0.4, -0.2) is 24.0 Å². The van der Waals surface area contributed by atoms with Crippen molar-refractivity contribution >= 4 is 28.5 Å². The Morgan fingerprint density at radius 3 is 2.76 bits per heavy atom. The van der Waals surface area contributed by atoms with Crippen LogP contribution in [0.3, 0.4) is 0 Å². The summed E-state index contributed by atoms with van der Waals surface area (Å²) < 4.78 is 5.94. The minimum absolute atomic E-state index is 0.113. The zero-order valence-electron chi connectivity index (χ0n) is 14.5. The number of alkyl halides is 1. The van der Waals surface area contributed by atoms with Crippen LogP contribution < -0.4 is 10.1 Å². The first-order valence-corrected chi connectivity index (χ1v) is 10.3. The maximum absolute atomic E-state index is 11.5. The second-order valence-corrected chi connectivity index (χ2v) is 7.34. The van der Waals surface area contributed by atoms with E-state index in [4.69, 9.17) is 4.74 Å². The number of rotatable bonds is 6. The van der Waals surface area contributed by atoms with Crippen molar-refractivity contribution in [2.24, 2.45) is 0 Å². The molecule has 2 unspecified atom stereocenters. The third kappa shape index (κ3) is 4.54. The summed E-state index contributed by atoms with van der Waals surface area (Å²) in [5.74, 6) is 2.01. The largest absolute Gasteiger partial charge is 0.497 e. The molecule has 2 aromatic carbocycles. The van der Waals surface area contributed by atoms with E-state index in [1.54, 1.807) is 7.11 Å². The average molecular weight is 449 g/mol. The summed E-state index contributed by atoms with van der Waals surface area (Å²) in [5, 5.41) is 3.02. The minimum atomic E-state index is 0.113. The maximum atomic E-state index is 11.5. The van der Waals surface area contributed by atoms with Gasteiger partial charge in [-0.25, -0.2) is 0 Å². The molecule has 0 saturated heterocycles.